The molecule has 0 amide bonds. The van der Waals surface area contributed by atoms with Crippen molar-refractivity contribution in [2.75, 3.05) is 13.6 Å². The van der Waals surface area contributed by atoms with Gasteiger partial charge in [-0.3, -0.25) is 19.2 Å². The number of ether oxygens (including phenoxy) is 4. The Balaban J connectivity index is 0. The molecule has 0 fully saturated rings. The normalized spacial score (nSPS) is 8.40. The van der Waals surface area contributed by atoms with Gasteiger partial charge < -0.3 is 18.9 Å². The van der Waals surface area contributed by atoms with Crippen LogP contribution < -0.4 is 0 Å². The summed E-state index contributed by atoms with van der Waals surface area (Å²) in [6.45, 7) is 1.15. The molecule has 0 radical (unpaired) electrons. The molecule has 0 unspecified atom stereocenters. The maximum atomic E-state index is 10.9. The van der Waals surface area contributed by atoms with Gasteiger partial charge in [-0.25, -0.2) is 0 Å². The van der Waals surface area contributed by atoms with E-state index >= 15 is 0 Å². The Morgan fingerprint density at radius 1 is 0.800 bits per heavy atom. The van der Waals surface area contributed by atoms with Crippen LogP contribution in [0.4, 0.5) is 0 Å². The van der Waals surface area contributed by atoms with E-state index in [9.17, 15) is 19.2 Å². The minimum atomic E-state index is -0.918. The molecule has 0 saturated carbocycles. The number of hydrogen-bond donors (Lipinski definition) is 0. The topological polar surface area (TPSA) is 105 Å². The number of rotatable bonds is 6. The first-order valence-corrected chi connectivity index (χ1v) is 13.8. The van der Waals surface area contributed by atoms with Gasteiger partial charge in [0.25, 0.3) is 0 Å². The van der Waals surface area contributed by atoms with Crippen molar-refractivity contribution in [1.29, 1.82) is 0 Å². The van der Waals surface area contributed by atoms with Crippen LogP contribution in [0.2, 0.25) is 0 Å². The number of halogens is 2. The van der Waals surface area contributed by atoms with E-state index in [-0.39, 0.29) is 0 Å². The van der Waals surface area contributed by atoms with Crippen molar-refractivity contribution in [2.24, 2.45) is 0 Å². The fourth-order valence-electron chi connectivity index (χ4n) is 0.576. The first-order chi connectivity index (χ1) is 9.33. The Morgan fingerprint density at radius 2 is 1.10 bits per heavy atom. The molecule has 20 heavy (non-hydrogen) atoms. The van der Waals surface area contributed by atoms with Crippen LogP contribution >= 0.6 is 40.0 Å². The van der Waals surface area contributed by atoms with Crippen LogP contribution in [0, 0.1) is 0 Å². The average Bonchev–Trinajstić information content (AvgIpc) is 2.28. The number of carbonyl (C=O) groups is 4. The van der Waals surface area contributed by atoms with Crippen molar-refractivity contribution in [3.05, 3.63) is 0 Å². The Morgan fingerprint density at radius 3 is 1.35 bits per heavy atom. The van der Waals surface area contributed by atoms with E-state index in [0.717, 1.165) is 13.8 Å². The Labute approximate surface area is 144 Å². The van der Waals surface area contributed by atoms with E-state index in [1.165, 1.54) is 0 Å². The second-order valence-corrected chi connectivity index (χ2v) is 14.6. The summed E-state index contributed by atoms with van der Waals surface area (Å²) in [7, 11) is 0.628. The van der Waals surface area contributed by atoms with E-state index in [1.807, 2.05) is 0 Å². The minimum absolute atomic E-state index is 0.564. The predicted octanol–water partition coefficient (Wildman–Crippen LogP) is 1.27. The summed E-state index contributed by atoms with van der Waals surface area (Å²) >= 11 is 4.74. The van der Waals surface area contributed by atoms with Crippen LogP contribution in [-0.2, 0) is 47.6 Å². The molecule has 115 valence electrons. The third kappa shape index (κ3) is 20.2. The van der Waals surface area contributed by atoms with E-state index in [2.05, 4.69) is 58.9 Å². The molecule has 0 saturated heterocycles. The van der Waals surface area contributed by atoms with Crippen LogP contribution in [-0.4, -0.2) is 37.5 Å². The first kappa shape index (κ1) is 22.2. The molecular weight excluding hydrogens is 541 g/mol. The molecule has 11 heteroatoms. The van der Waals surface area contributed by atoms with Gasteiger partial charge in [0.2, 0.25) is 13.6 Å². The van der Waals surface area contributed by atoms with Gasteiger partial charge in [0.15, 0.2) is 0 Å². The van der Waals surface area contributed by atoms with Crippen molar-refractivity contribution < 1.29 is 47.6 Å². The Bertz CT molecular complexity index is 306. The summed E-state index contributed by atoms with van der Waals surface area (Å²) in [6, 6.07) is 0. The van der Waals surface area contributed by atoms with Crippen LogP contribution in [0.1, 0.15) is 20.3 Å². The predicted molar refractivity (Wildman–Crippen MR) is 78.1 cm³/mol. The third-order valence-corrected chi connectivity index (χ3v) is 1.25. The van der Waals surface area contributed by atoms with Crippen molar-refractivity contribution in [1.82, 2.24) is 0 Å². The van der Waals surface area contributed by atoms with Gasteiger partial charge in [-0.2, -0.15) is 0 Å². The van der Waals surface area contributed by atoms with Gasteiger partial charge in [-0.1, -0.05) is 0 Å². The van der Waals surface area contributed by atoms with Crippen molar-refractivity contribution in [2.45, 2.75) is 20.3 Å². The average molecular weight is 553 g/mol. The van der Waals surface area contributed by atoms with Crippen LogP contribution in [0.15, 0.2) is 0 Å². The van der Waals surface area contributed by atoms with Crippen LogP contribution in [0.5, 0.6) is 0 Å². The standard InChI is InChI=1S/C9H12O8.2HI.V/c1-6(10)14-4-16-8(12)3-9(13)17-5-15-7(2)11;;;/h3-5H2,1-2H3;2*1H;/q;;;+2/p-2. The molecule has 0 aliphatic carbocycles. The molecule has 0 N–H and O–H groups in total. The molecule has 0 atom stereocenters. The van der Waals surface area contributed by atoms with Gasteiger partial charge >= 0.3 is 73.3 Å². The fraction of sp³-hybridized carbons (Fsp3) is 0.556. The van der Waals surface area contributed by atoms with E-state index in [1.54, 1.807) is 0 Å². The summed E-state index contributed by atoms with van der Waals surface area (Å²) in [6.07, 6.45) is -0.664. The summed E-state index contributed by atoms with van der Waals surface area (Å²) in [5.41, 5.74) is 0. The SMILES string of the molecule is CC(=O)OCOC(=O)CC(=O)OCOC(C)=O.[I][V][I]. The van der Waals surface area contributed by atoms with E-state index in [0.29, 0.717) is 9.47 Å². The second kappa shape index (κ2) is 15.3. The third-order valence-electron chi connectivity index (χ3n) is 1.25. The molecule has 0 aliphatic heterocycles. The first-order valence-electron chi connectivity index (χ1n) is 4.83. The van der Waals surface area contributed by atoms with Gasteiger partial charge in [-0.15, -0.1) is 0 Å². The molecular formula is C9H12I2O8V. The molecule has 0 bridgehead atoms. The Hall–Kier alpha value is -0.0756. The zero-order chi connectivity index (χ0) is 16.0. The summed E-state index contributed by atoms with van der Waals surface area (Å²) < 4.78 is 17.3. The van der Waals surface area contributed by atoms with Crippen molar-refractivity contribution in [3.63, 3.8) is 0 Å². The monoisotopic (exact) mass is 553 g/mol. The van der Waals surface area contributed by atoms with Gasteiger partial charge in [0.05, 0.1) is 0 Å². The summed E-state index contributed by atoms with van der Waals surface area (Å²) in [4.78, 5) is 42.4. The molecule has 0 spiro atoms. The molecule has 0 aromatic rings. The van der Waals surface area contributed by atoms with E-state index in [4.69, 9.17) is 0 Å². The quantitative estimate of drug-likeness (QED) is 0.210. The second-order valence-electron chi connectivity index (χ2n) is 2.78. The molecule has 8 nitrogen and oxygen atoms in total. The fourth-order valence-corrected chi connectivity index (χ4v) is 0.576. The molecule has 0 rings (SSSR count). The van der Waals surface area contributed by atoms with Crippen molar-refractivity contribution in [3.8, 4) is 0 Å². The zero-order valence-electron chi connectivity index (χ0n) is 10.6. The van der Waals surface area contributed by atoms with E-state index < -0.39 is 43.9 Å². The van der Waals surface area contributed by atoms with Crippen LogP contribution in [0.25, 0.3) is 0 Å². The Kier molecular flexibility index (Phi) is 17.0. The summed E-state index contributed by atoms with van der Waals surface area (Å²) in [5, 5.41) is 0. The van der Waals surface area contributed by atoms with Crippen molar-refractivity contribution >= 4 is 63.8 Å². The van der Waals surface area contributed by atoms with Gasteiger partial charge in [-0.05, 0) is 0 Å². The molecule has 0 heterocycles. The number of esters is 4. The number of carbonyl (C=O) groups excluding carboxylic acids is 4. The zero-order valence-corrected chi connectivity index (χ0v) is 16.3. The number of hydrogen-bond acceptors (Lipinski definition) is 8. The van der Waals surface area contributed by atoms with Crippen LogP contribution in [0.3, 0.4) is 0 Å². The van der Waals surface area contributed by atoms with Gasteiger partial charge in [0.1, 0.15) is 6.42 Å². The molecule has 0 aromatic carbocycles. The molecule has 0 aromatic heterocycles. The molecule has 0 aliphatic rings. The maximum absolute atomic E-state index is 10.9. The van der Waals surface area contributed by atoms with Gasteiger partial charge in [0, 0.05) is 13.8 Å². The summed E-state index contributed by atoms with van der Waals surface area (Å²) in [5.74, 6) is -3.07.